The summed E-state index contributed by atoms with van der Waals surface area (Å²) >= 11 is 4.81. The van der Waals surface area contributed by atoms with Crippen molar-refractivity contribution in [3.05, 3.63) is 64.5 Å². The van der Waals surface area contributed by atoms with Gasteiger partial charge in [0.1, 0.15) is 0 Å². The second kappa shape index (κ2) is 7.89. The number of imidazole rings is 1. The van der Waals surface area contributed by atoms with Gasteiger partial charge in [-0.1, -0.05) is 17.4 Å². The van der Waals surface area contributed by atoms with Crippen LogP contribution in [0.2, 0.25) is 0 Å². The lowest BCUT2D eigenvalue weighted by Gasteiger charge is -2.18. The molecule has 1 aromatic carbocycles. The summed E-state index contributed by atoms with van der Waals surface area (Å²) in [6.45, 7) is 5.44. The van der Waals surface area contributed by atoms with E-state index in [4.69, 9.17) is 9.40 Å². The Morgan fingerprint density at radius 2 is 2.18 bits per heavy atom. The number of anilines is 1. The van der Waals surface area contributed by atoms with Crippen molar-refractivity contribution in [2.75, 3.05) is 11.4 Å². The average Bonchev–Trinajstić information content (AvgIpc) is 3.38. The molecule has 3 heterocycles. The second-order valence-electron chi connectivity index (χ2n) is 6.64. The minimum atomic E-state index is -0.190. The number of hydrogen-bond donors (Lipinski definition) is 0. The number of rotatable bonds is 6. The summed E-state index contributed by atoms with van der Waals surface area (Å²) in [4.78, 5) is 23.7. The van der Waals surface area contributed by atoms with Crippen LogP contribution in [0.4, 0.5) is 5.13 Å². The number of thiazole rings is 1. The zero-order chi connectivity index (χ0) is 19.7. The summed E-state index contributed by atoms with van der Waals surface area (Å²) in [5, 5.41) is 0.687. The van der Waals surface area contributed by atoms with E-state index in [-0.39, 0.29) is 5.91 Å². The number of aromatic nitrogens is 3. The van der Waals surface area contributed by atoms with Gasteiger partial charge in [0, 0.05) is 25.5 Å². The van der Waals surface area contributed by atoms with Crippen LogP contribution in [0.25, 0.3) is 10.2 Å². The zero-order valence-corrected chi connectivity index (χ0v) is 18.0. The summed E-state index contributed by atoms with van der Waals surface area (Å²) in [5.74, 6) is 0.103. The molecule has 0 radical (unpaired) electrons. The first-order valence-electron chi connectivity index (χ1n) is 8.92. The zero-order valence-electron chi connectivity index (χ0n) is 15.6. The highest BCUT2D eigenvalue weighted by atomic mass is 79.9. The highest BCUT2D eigenvalue weighted by molar-refractivity contribution is 9.10. The van der Waals surface area contributed by atoms with Gasteiger partial charge >= 0.3 is 0 Å². The van der Waals surface area contributed by atoms with Gasteiger partial charge in [0.2, 0.25) is 0 Å². The fraction of sp³-hybridized carbons (Fsp3) is 0.250. The monoisotopic (exact) mass is 458 g/mol. The van der Waals surface area contributed by atoms with Crippen molar-refractivity contribution in [3.63, 3.8) is 0 Å². The molecule has 0 saturated heterocycles. The van der Waals surface area contributed by atoms with Gasteiger partial charge in [-0.3, -0.25) is 9.69 Å². The summed E-state index contributed by atoms with van der Waals surface area (Å²) in [7, 11) is 0. The maximum Gasteiger partial charge on any atom is 0.295 e. The topological polar surface area (TPSA) is 64.2 Å². The van der Waals surface area contributed by atoms with Gasteiger partial charge in [0.25, 0.3) is 5.91 Å². The van der Waals surface area contributed by atoms with E-state index in [0.717, 1.165) is 28.7 Å². The summed E-state index contributed by atoms with van der Waals surface area (Å²) in [6.07, 6.45) is 6.22. The summed E-state index contributed by atoms with van der Waals surface area (Å²) < 4.78 is 9.14. The molecule has 0 aliphatic heterocycles. The Bertz CT molecular complexity index is 1120. The van der Waals surface area contributed by atoms with E-state index in [0.29, 0.717) is 22.1 Å². The predicted molar refractivity (Wildman–Crippen MR) is 114 cm³/mol. The lowest BCUT2D eigenvalue weighted by Crippen LogP contribution is -2.32. The van der Waals surface area contributed by atoms with Crippen molar-refractivity contribution >= 4 is 48.5 Å². The molecule has 0 spiro atoms. The minimum Gasteiger partial charge on any atom is -0.444 e. The third-order valence-corrected chi connectivity index (χ3v) is 6.08. The Balaban J connectivity index is 1.65. The molecule has 0 saturated carbocycles. The highest BCUT2D eigenvalue weighted by Crippen LogP contribution is 2.33. The number of hydrogen-bond acceptors (Lipinski definition) is 5. The largest absolute Gasteiger partial charge is 0.444 e. The van der Waals surface area contributed by atoms with Crippen LogP contribution in [0.5, 0.6) is 0 Å². The lowest BCUT2D eigenvalue weighted by atomic mass is 10.1. The molecule has 0 bridgehead atoms. The molecule has 0 atom stereocenters. The summed E-state index contributed by atoms with van der Waals surface area (Å²) in [5.41, 5.74) is 3.26. The van der Waals surface area contributed by atoms with Crippen molar-refractivity contribution in [3.8, 4) is 0 Å². The van der Waals surface area contributed by atoms with Crippen LogP contribution in [0.3, 0.4) is 0 Å². The molecule has 4 aromatic rings. The van der Waals surface area contributed by atoms with Crippen molar-refractivity contribution in [2.45, 2.75) is 26.8 Å². The van der Waals surface area contributed by atoms with Crippen LogP contribution >= 0.6 is 27.3 Å². The average molecular weight is 459 g/mol. The van der Waals surface area contributed by atoms with E-state index in [2.05, 4.69) is 46.9 Å². The molecule has 8 heteroatoms. The molecule has 144 valence electrons. The molecule has 0 unspecified atom stereocenters. The van der Waals surface area contributed by atoms with E-state index >= 15 is 0 Å². The smallest absolute Gasteiger partial charge is 0.295 e. The van der Waals surface area contributed by atoms with Gasteiger partial charge in [0.05, 0.1) is 16.5 Å². The van der Waals surface area contributed by atoms with E-state index < -0.39 is 0 Å². The molecular formula is C20H19BrN4O2S. The Hall–Kier alpha value is -2.45. The molecule has 0 N–H and O–H groups in total. The maximum absolute atomic E-state index is 13.1. The Morgan fingerprint density at radius 3 is 2.89 bits per heavy atom. The molecule has 0 fully saturated rings. The first-order valence-corrected chi connectivity index (χ1v) is 10.5. The third kappa shape index (κ3) is 3.88. The quantitative estimate of drug-likeness (QED) is 0.398. The fourth-order valence-corrected chi connectivity index (χ4v) is 4.50. The molecule has 28 heavy (non-hydrogen) atoms. The van der Waals surface area contributed by atoms with Gasteiger partial charge in [0.15, 0.2) is 15.6 Å². The first kappa shape index (κ1) is 18.9. The Labute approximate surface area is 174 Å². The minimum absolute atomic E-state index is 0.190. The molecular weight excluding hydrogens is 440 g/mol. The van der Waals surface area contributed by atoms with E-state index in [1.165, 1.54) is 16.9 Å². The number of carbonyl (C=O) groups excluding carboxylic acids is 1. The third-order valence-electron chi connectivity index (χ3n) is 4.43. The van der Waals surface area contributed by atoms with Crippen LogP contribution in [0.1, 0.15) is 28.1 Å². The second-order valence-corrected chi connectivity index (χ2v) is 8.40. The van der Waals surface area contributed by atoms with E-state index in [1.807, 2.05) is 10.8 Å². The molecule has 4 rings (SSSR count). The number of fused-ring (bicyclic) bond motifs is 1. The molecule has 0 aliphatic carbocycles. The van der Waals surface area contributed by atoms with Crippen LogP contribution in [-0.2, 0) is 6.54 Å². The SMILES string of the molecule is Cc1cc(C)c2sc(N(CCCn3ccnc3)C(=O)c3ccc(Br)o3)nc2c1. The fourth-order valence-electron chi connectivity index (χ4n) is 3.16. The van der Waals surface area contributed by atoms with Gasteiger partial charge in [-0.2, -0.15) is 0 Å². The van der Waals surface area contributed by atoms with Gasteiger partial charge in [-0.25, -0.2) is 9.97 Å². The number of nitrogens with zero attached hydrogens (tertiary/aromatic N) is 4. The van der Waals surface area contributed by atoms with Gasteiger partial charge in [-0.05, 0) is 65.5 Å². The van der Waals surface area contributed by atoms with E-state index in [1.54, 1.807) is 29.6 Å². The standard InChI is InChI=1S/C20H19BrN4O2S/c1-13-10-14(2)18-15(11-13)23-20(28-18)25(8-3-7-24-9-6-22-12-24)19(26)16-4-5-17(21)27-16/h4-6,9-12H,3,7-8H2,1-2H3. The van der Waals surface area contributed by atoms with Crippen molar-refractivity contribution in [1.82, 2.24) is 14.5 Å². The van der Waals surface area contributed by atoms with Crippen molar-refractivity contribution < 1.29 is 9.21 Å². The number of aryl methyl sites for hydroxylation is 3. The van der Waals surface area contributed by atoms with Crippen LogP contribution in [0, 0.1) is 13.8 Å². The predicted octanol–water partition coefficient (Wildman–Crippen LogP) is 5.20. The lowest BCUT2D eigenvalue weighted by molar-refractivity contribution is 0.0958. The Morgan fingerprint density at radius 1 is 1.32 bits per heavy atom. The Kier molecular flexibility index (Phi) is 5.32. The molecule has 1 amide bonds. The van der Waals surface area contributed by atoms with Crippen molar-refractivity contribution in [2.24, 2.45) is 0 Å². The van der Waals surface area contributed by atoms with Gasteiger partial charge in [-0.15, -0.1) is 0 Å². The van der Waals surface area contributed by atoms with Gasteiger partial charge < -0.3 is 8.98 Å². The normalized spacial score (nSPS) is 11.2. The van der Waals surface area contributed by atoms with Crippen molar-refractivity contribution in [1.29, 1.82) is 0 Å². The number of furan rings is 1. The van der Waals surface area contributed by atoms with Crippen LogP contribution in [0.15, 0.2) is 52.1 Å². The summed E-state index contributed by atoms with van der Waals surface area (Å²) in [6, 6.07) is 7.60. The molecule has 6 nitrogen and oxygen atoms in total. The maximum atomic E-state index is 13.1. The van der Waals surface area contributed by atoms with Crippen LogP contribution in [-0.4, -0.2) is 27.0 Å². The first-order chi connectivity index (χ1) is 13.5. The highest BCUT2D eigenvalue weighted by Gasteiger charge is 2.24. The number of carbonyl (C=O) groups is 1. The van der Waals surface area contributed by atoms with Crippen LogP contribution < -0.4 is 4.90 Å². The number of benzene rings is 1. The number of amides is 1. The molecule has 0 aliphatic rings. The van der Waals surface area contributed by atoms with E-state index in [9.17, 15) is 4.79 Å². The molecule has 3 aromatic heterocycles. The number of halogens is 1.